The molecule has 1 aromatic heterocycles. The maximum Gasteiger partial charge on any atom is 0.255 e. The maximum atomic E-state index is 13.0. The molecule has 0 radical (unpaired) electrons. The second-order valence-corrected chi connectivity index (χ2v) is 7.41. The summed E-state index contributed by atoms with van der Waals surface area (Å²) in [4.78, 5) is 14.9. The van der Waals surface area contributed by atoms with E-state index in [9.17, 15) is 4.79 Å². The summed E-state index contributed by atoms with van der Waals surface area (Å²) < 4.78 is 3.20. The molecule has 0 saturated carbocycles. The topological polar surface area (TPSA) is 37.3 Å². The zero-order valence-electron chi connectivity index (χ0n) is 14.9. The average Bonchev–Trinajstić information content (AvgIpc) is 2.90. The fourth-order valence-corrected chi connectivity index (χ4v) is 3.78. The molecule has 1 fully saturated rings. The normalized spacial score (nSPS) is 14.9. The molecule has 1 aromatic carbocycles. The third kappa shape index (κ3) is 4.10. The van der Waals surface area contributed by atoms with Crippen LogP contribution in [0.15, 0.2) is 34.8 Å². The number of carbonyl (C=O) groups excluding carboxylic acids is 1. The fraction of sp³-hybridized carbons (Fsp3) is 0.421. The van der Waals surface area contributed by atoms with Crippen molar-refractivity contribution in [3.05, 3.63) is 51.8 Å². The Morgan fingerprint density at radius 1 is 1.20 bits per heavy atom. The summed E-state index contributed by atoms with van der Waals surface area (Å²) in [5.74, 6) is 0.123. The van der Waals surface area contributed by atoms with E-state index in [1.165, 1.54) is 0 Å². The van der Waals surface area contributed by atoms with Gasteiger partial charge in [-0.1, -0.05) is 15.9 Å². The van der Waals surface area contributed by atoms with Crippen molar-refractivity contribution >= 4 is 34.2 Å². The number of benzene rings is 1. The lowest BCUT2D eigenvalue weighted by Gasteiger charge is -2.31. The number of aromatic nitrogens is 1. The van der Waals surface area contributed by atoms with Crippen molar-refractivity contribution < 1.29 is 4.79 Å². The Bertz CT molecular complexity index is 736. The van der Waals surface area contributed by atoms with Gasteiger partial charge in [-0.3, -0.25) is 4.79 Å². The molecular formula is C19H25BrClN3O. The number of carbonyl (C=O) groups is 1. The van der Waals surface area contributed by atoms with E-state index in [0.717, 1.165) is 53.0 Å². The molecule has 1 amide bonds. The van der Waals surface area contributed by atoms with E-state index in [2.05, 4.69) is 44.9 Å². The molecular weight excluding hydrogens is 402 g/mol. The third-order valence-electron chi connectivity index (χ3n) is 4.92. The molecule has 3 rings (SSSR count). The zero-order valence-corrected chi connectivity index (χ0v) is 17.3. The molecule has 0 unspecified atom stereocenters. The highest BCUT2D eigenvalue weighted by Gasteiger charge is 2.25. The summed E-state index contributed by atoms with van der Waals surface area (Å²) in [5, 5.41) is 3.35. The number of hydrogen-bond acceptors (Lipinski definition) is 2. The molecule has 6 heteroatoms. The van der Waals surface area contributed by atoms with Gasteiger partial charge in [0.25, 0.3) is 5.91 Å². The van der Waals surface area contributed by atoms with Crippen LogP contribution in [0.1, 0.15) is 34.6 Å². The van der Waals surface area contributed by atoms with Crippen LogP contribution in [-0.2, 0) is 0 Å². The Hall–Kier alpha value is -1.30. The van der Waals surface area contributed by atoms with Crippen molar-refractivity contribution in [2.24, 2.45) is 0 Å². The van der Waals surface area contributed by atoms with Crippen LogP contribution in [0.2, 0.25) is 0 Å². The second-order valence-electron chi connectivity index (χ2n) is 6.49. The highest BCUT2D eigenvalue weighted by Crippen LogP contribution is 2.24. The van der Waals surface area contributed by atoms with E-state index < -0.39 is 0 Å². The quantitative estimate of drug-likeness (QED) is 0.802. The number of halogens is 2. The summed E-state index contributed by atoms with van der Waals surface area (Å²) in [6.45, 7) is 6.05. The first-order valence-corrected chi connectivity index (χ1v) is 9.21. The monoisotopic (exact) mass is 425 g/mol. The van der Waals surface area contributed by atoms with E-state index in [1.54, 1.807) is 0 Å². The first-order chi connectivity index (χ1) is 11.5. The standard InChI is InChI=1S/C19H24BrN3O.ClH/c1-13-12-18(19(24)22(3)16-8-10-21-11-9-16)14(2)23(13)17-6-4-15(20)5-7-17;/h4-7,12,16,21H,8-11H2,1-3H3;1H. The van der Waals surface area contributed by atoms with Gasteiger partial charge < -0.3 is 14.8 Å². The first kappa shape index (κ1) is 20.0. The Balaban J connectivity index is 0.00000225. The minimum absolute atomic E-state index is 0. The highest BCUT2D eigenvalue weighted by molar-refractivity contribution is 9.10. The van der Waals surface area contributed by atoms with Gasteiger partial charge in [0, 0.05) is 34.6 Å². The van der Waals surface area contributed by atoms with Crippen LogP contribution in [0.5, 0.6) is 0 Å². The smallest absolute Gasteiger partial charge is 0.255 e. The summed E-state index contributed by atoms with van der Waals surface area (Å²) in [7, 11) is 1.93. The maximum absolute atomic E-state index is 13.0. The summed E-state index contributed by atoms with van der Waals surface area (Å²) in [6, 6.07) is 10.5. The molecule has 136 valence electrons. The molecule has 1 aliphatic rings. The van der Waals surface area contributed by atoms with Crippen molar-refractivity contribution in [3.63, 3.8) is 0 Å². The Kier molecular flexibility index (Phi) is 6.72. The molecule has 4 nitrogen and oxygen atoms in total. The molecule has 0 bridgehead atoms. The fourth-order valence-electron chi connectivity index (χ4n) is 3.52. The number of aryl methyl sites for hydroxylation is 1. The Labute approximate surface area is 164 Å². The molecule has 2 aromatic rings. The molecule has 1 N–H and O–H groups in total. The lowest BCUT2D eigenvalue weighted by molar-refractivity contribution is 0.0702. The predicted molar refractivity (Wildman–Crippen MR) is 108 cm³/mol. The van der Waals surface area contributed by atoms with Gasteiger partial charge in [0.1, 0.15) is 0 Å². The lowest BCUT2D eigenvalue weighted by atomic mass is 10.0. The van der Waals surface area contributed by atoms with E-state index in [0.29, 0.717) is 6.04 Å². The van der Waals surface area contributed by atoms with Gasteiger partial charge in [-0.2, -0.15) is 0 Å². The molecule has 25 heavy (non-hydrogen) atoms. The van der Waals surface area contributed by atoms with Gasteiger partial charge in [0.15, 0.2) is 0 Å². The van der Waals surface area contributed by atoms with E-state index in [-0.39, 0.29) is 18.3 Å². The summed E-state index contributed by atoms with van der Waals surface area (Å²) in [6.07, 6.45) is 2.04. The second kappa shape index (κ2) is 8.39. The Morgan fingerprint density at radius 2 is 1.80 bits per heavy atom. The van der Waals surface area contributed by atoms with E-state index in [4.69, 9.17) is 0 Å². The van der Waals surface area contributed by atoms with Crippen LogP contribution in [0.25, 0.3) is 5.69 Å². The van der Waals surface area contributed by atoms with Gasteiger partial charge in [0.05, 0.1) is 5.56 Å². The highest BCUT2D eigenvalue weighted by atomic mass is 79.9. The number of nitrogens with one attached hydrogen (secondary N) is 1. The van der Waals surface area contributed by atoms with Crippen molar-refractivity contribution in [1.29, 1.82) is 0 Å². The van der Waals surface area contributed by atoms with Gasteiger partial charge in [-0.25, -0.2) is 0 Å². The average molecular weight is 427 g/mol. The Morgan fingerprint density at radius 3 is 2.40 bits per heavy atom. The van der Waals surface area contributed by atoms with Crippen LogP contribution >= 0.6 is 28.3 Å². The van der Waals surface area contributed by atoms with Gasteiger partial charge in [-0.15, -0.1) is 12.4 Å². The van der Waals surface area contributed by atoms with Gasteiger partial charge in [0.2, 0.25) is 0 Å². The number of rotatable bonds is 3. The van der Waals surface area contributed by atoms with Crippen LogP contribution in [-0.4, -0.2) is 41.6 Å². The first-order valence-electron chi connectivity index (χ1n) is 8.42. The van der Waals surface area contributed by atoms with Gasteiger partial charge in [-0.05, 0) is 70.1 Å². The zero-order chi connectivity index (χ0) is 17.3. The van der Waals surface area contributed by atoms with Crippen LogP contribution in [0.4, 0.5) is 0 Å². The molecule has 0 atom stereocenters. The minimum Gasteiger partial charge on any atom is -0.339 e. The van der Waals surface area contributed by atoms with E-state index in [1.807, 2.05) is 37.1 Å². The summed E-state index contributed by atoms with van der Waals surface area (Å²) in [5.41, 5.74) is 3.96. The number of piperidine rings is 1. The van der Waals surface area contributed by atoms with Crippen LogP contribution in [0.3, 0.4) is 0 Å². The van der Waals surface area contributed by atoms with Crippen molar-refractivity contribution in [2.75, 3.05) is 20.1 Å². The SMILES string of the molecule is Cc1cc(C(=O)N(C)C2CCNCC2)c(C)n1-c1ccc(Br)cc1.Cl. The molecule has 1 saturated heterocycles. The third-order valence-corrected chi connectivity index (χ3v) is 5.45. The minimum atomic E-state index is 0. The van der Waals surface area contributed by atoms with Gasteiger partial charge >= 0.3 is 0 Å². The summed E-state index contributed by atoms with van der Waals surface area (Å²) >= 11 is 3.47. The van der Waals surface area contributed by atoms with Crippen LogP contribution in [0, 0.1) is 13.8 Å². The van der Waals surface area contributed by atoms with E-state index >= 15 is 0 Å². The van der Waals surface area contributed by atoms with Crippen molar-refractivity contribution in [3.8, 4) is 5.69 Å². The largest absolute Gasteiger partial charge is 0.339 e. The predicted octanol–water partition coefficient (Wildman–Crippen LogP) is 4.10. The number of hydrogen-bond donors (Lipinski definition) is 1. The number of amides is 1. The lowest BCUT2D eigenvalue weighted by Crippen LogP contribution is -2.44. The molecule has 0 spiro atoms. The van der Waals surface area contributed by atoms with Crippen LogP contribution < -0.4 is 5.32 Å². The van der Waals surface area contributed by atoms with Crippen molar-refractivity contribution in [1.82, 2.24) is 14.8 Å². The number of nitrogens with zero attached hydrogens (tertiary/aromatic N) is 2. The molecule has 2 heterocycles. The molecule has 0 aliphatic carbocycles. The van der Waals surface area contributed by atoms with Crippen molar-refractivity contribution in [2.45, 2.75) is 32.7 Å². The molecule has 1 aliphatic heterocycles.